The Bertz CT molecular complexity index is 143. The lowest BCUT2D eigenvalue weighted by Gasteiger charge is -2.31. The second-order valence-corrected chi connectivity index (χ2v) is 3.67. The zero-order chi connectivity index (χ0) is 8.39. The second-order valence-electron chi connectivity index (χ2n) is 3.67. The Morgan fingerprint density at radius 1 is 1.17 bits per heavy atom. The average molecular weight is 172 g/mol. The summed E-state index contributed by atoms with van der Waals surface area (Å²) in [6.07, 6.45) is 2.71. The summed E-state index contributed by atoms with van der Waals surface area (Å²) in [4.78, 5) is 0. The Balaban J connectivity index is 1.91. The van der Waals surface area contributed by atoms with Gasteiger partial charge in [0.15, 0.2) is 0 Å². The lowest BCUT2D eigenvalue weighted by Crippen LogP contribution is -2.40. The minimum absolute atomic E-state index is 0.0428. The summed E-state index contributed by atoms with van der Waals surface area (Å²) in [5.74, 6) is 0.431. The lowest BCUT2D eigenvalue weighted by molar-refractivity contribution is -0.101. The van der Waals surface area contributed by atoms with Crippen molar-refractivity contribution in [3.05, 3.63) is 0 Å². The molecule has 0 bridgehead atoms. The zero-order valence-electron chi connectivity index (χ0n) is 7.24. The van der Waals surface area contributed by atoms with Crippen molar-refractivity contribution in [3.8, 4) is 0 Å². The van der Waals surface area contributed by atoms with Gasteiger partial charge in [0.05, 0.1) is 18.8 Å². The highest BCUT2D eigenvalue weighted by molar-refractivity contribution is 4.82. The molecule has 3 nitrogen and oxygen atoms in total. The van der Waals surface area contributed by atoms with Crippen LogP contribution in [0.15, 0.2) is 0 Å². The van der Waals surface area contributed by atoms with Crippen LogP contribution in [0, 0.1) is 5.92 Å². The third-order valence-corrected chi connectivity index (χ3v) is 2.76. The van der Waals surface area contributed by atoms with Crippen molar-refractivity contribution in [2.45, 2.75) is 31.5 Å². The van der Waals surface area contributed by atoms with Gasteiger partial charge in [-0.25, -0.2) is 0 Å². The van der Waals surface area contributed by atoms with Crippen LogP contribution < -0.4 is 0 Å². The van der Waals surface area contributed by atoms with Crippen LogP contribution >= 0.6 is 0 Å². The van der Waals surface area contributed by atoms with Crippen LogP contribution in [-0.4, -0.2) is 37.1 Å². The minimum Gasteiger partial charge on any atom is -0.390 e. The number of hydrogen-bond acceptors (Lipinski definition) is 3. The van der Waals surface area contributed by atoms with E-state index in [4.69, 9.17) is 9.47 Å². The molecule has 3 heteroatoms. The van der Waals surface area contributed by atoms with E-state index in [2.05, 4.69) is 0 Å². The molecule has 0 aliphatic carbocycles. The maximum Gasteiger partial charge on any atom is 0.0884 e. The van der Waals surface area contributed by atoms with Gasteiger partial charge in [0.1, 0.15) is 0 Å². The normalized spacial score (nSPS) is 43.2. The lowest BCUT2D eigenvalue weighted by atomic mass is 9.93. The molecule has 0 aromatic carbocycles. The molecule has 0 spiro atoms. The fourth-order valence-electron chi connectivity index (χ4n) is 2.05. The van der Waals surface area contributed by atoms with E-state index in [1.54, 1.807) is 0 Å². The second kappa shape index (κ2) is 3.73. The van der Waals surface area contributed by atoms with Crippen molar-refractivity contribution in [2.75, 3.05) is 19.8 Å². The molecule has 0 aromatic heterocycles. The van der Waals surface area contributed by atoms with Crippen molar-refractivity contribution < 1.29 is 14.6 Å². The van der Waals surface area contributed by atoms with Gasteiger partial charge in [-0.15, -0.1) is 0 Å². The van der Waals surface area contributed by atoms with Crippen molar-refractivity contribution in [1.82, 2.24) is 0 Å². The van der Waals surface area contributed by atoms with Crippen LogP contribution in [0.1, 0.15) is 19.3 Å². The fourth-order valence-corrected chi connectivity index (χ4v) is 2.05. The molecular formula is C9H16O3. The molecule has 0 aromatic rings. The Kier molecular flexibility index (Phi) is 2.63. The van der Waals surface area contributed by atoms with Gasteiger partial charge in [0, 0.05) is 19.1 Å². The topological polar surface area (TPSA) is 38.7 Å². The highest BCUT2D eigenvalue weighted by Gasteiger charge is 2.33. The molecule has 2 aliphatic heterocycles. The van der Waals surface area contributed by atoms with Crippen LogP contribution in [0.5, 0.6) is 0 Å². The molecule has 2 saturated heterocycles. The van der Waals surface area contributed by atoms with E-state index in [1.807, 2.05) is 0 Å². The smallest absolute Gasteiger partial charge is 0.0884 e. The zero-order valence-corrected chi connectivity index (χ0v) is 7.24. The van der Waals surface area contributed by atoms with Crippen LogP contribution in [0.4, 0.5) is 0 Å². The molecule has 1 N–H and O–H groups in total. The van der Waals surface area contributed by atoms with E-state index < -0.39 is 0 Å². The first-order chi connectivity index (χ1) is 5.88. The first-order valence-electron chi connectivity index (χ1n) is 4.75. The first kappa shape index (κ1) is 8.48. The van der Waals surface area contributed by atoms with E-state index in [0.717, 1.165) is 39.1 Å². The van der Waals surface area contributed by atoms with Crippen LogP contribution in [0.25, 0.3) is 0 Å². The quantitative estimate of drug-likeness (QED) is 0.628. The maximum atomic E-state index is 9.65. The van der Waals surface area contributed by atoms with E-state index in [-0.39, 0.29) is 12.2 Å². The number of aliphatic hydroxyl groups excluding tert-OH is 1. The molecule has 0 unspecified atom stereocenters. The Morgan fingerprint density at radius 2 is 2.08 bits per heavy atom. The summed E-state index contributed by atoms with van der Waals surface area (Å²) in [6, 6.07) is 0. The van der Waals surface area contributed by atoms with Gasteiger partial charge in [-0.2, -0.15) is 0 Å². The Hall–Kier alpha value is -0.120. The van der Waals surface area contributed by atoms with Gasteiger partial charge in [0.25, 0.3) is 0 Å². The van der Waals surface area contributed by atoms with E-state index in [0.29, 0.717) is 5.92 Å². The number of rotatable bonds is 1. The largest absolute Gasteiger partial charge is 0.390 e. The molecule has 2 fully saturated rings. The van der Waals surface area contributed by atoms with Crippen LogP contribution in [0.3, 0.4) is 0 Å². The monoisotopic (exact) mass is 172 g/mol. The molecular weight excluding hydrogens is 156 g/mol. The minimum atomic E-state index is -0.259. The van der Waals surface area contributed by atoms with Gasteiger partial charge >= 0.3 is 0 Å². The van der Waals surface area contributed by atoms with Gasteiger partial charge in [-0.1, -0.05) is 0 Å². The molecule has 0 radical (unpaired) electrons. The summed E-state index contributed by atoms with van der Waals surface area (Å²) >= 11 is 0. The van der Waals surface area contributed by atoms with E-state index >= 15 is 0 Å². The molecule has 0 saturated carbocycles. The van der Waals surface area contributed by atoms with Crippen molar-refractivity contribution >= 4 is 0 Å². The highest BCUT2D eigenvalue weighted by Crippen LogP contribution is 2.26. The van der Waals surface area contributed by atoms with Crippen molar-refractivity contribution in [3.63, 3.8) is 0 Å². The molecule has 0 amide bonds. The van der Waals surface area contributed by atoms with Gasteiger partial charge in [0.2, 0.25) is 0 Å². The van der Waals surface area contributed by atoms with Crippen LogP contribution in [-0.2, 0) is 9.47 Å². The third-order valence-electron chi connectivity index (χ3n) is 2.76. The molecule has 70 valence electrons. The molecule has 2 rings (SSSR count). The summed E-state index contributed by atoms with van der Waals surface area (Å²) in [6.45, 7) is 2.40. The third kappa shape index (κ3) is 1.63. The van der Waals surface area contributed by atoms with E-state index in [9.17, 15) is 5.11 Å². The average Bonchev–Trinajstić information content (AvgIpc) is 2.57. The Morgan fingerprint density at radius 3 is 2.75 bits per heavy atom. The molecule has 2 aliphatic rings. The molecule has 12 heavy (non-hydrogen) atoms. The first-order valence-corrected chi connectivity index (χ1v) is 4.75. The molecule has 3 atom stereocenters. The standard InChI is InChI=1S/C9H16O3/c10-8-2-1-4-12-9(8)7-3-5-11-6-7/h7-10H,1-6H2/t7-,8+,9-/m0/s1. The predicted molar refractivity (Wildman–Crippen MR) is 43.9 cm³/mol. The highest BCUT2D eigenvalue weighted by atomic mass is 16.5. The number of aliphatic hydroxyl groups is 1. The van der Waals surface area contributed by atoms with E-state index in [1.165, 1.54) is 0 Å². The number of ether oxygens (including phenoxy) is 2. The van der Waals surface area contributed by atoms with Gasteiger partial charge < -0.3 is 14.6 Å². The summed E-state index contributed by atoms with van der Waals surface area (Å²) in [5, 5.41) is 9.65. The van der Waals surface area contributed by atoms with Gasteiger partial charge in [-0.05, 0) is 19.3 Å². The summed E-state index contributed by atoms with van der Waals surface area (Å²) in [7, 11) is 0. The van der Waals surface area contributed by atoms with Crippen molar-refractivity contribution in [2.24, 2.45) is 5.92 Å². The number of hydrogen-bond donors (Lipinski definition) is 1. The van der Waals surface area contributed by atoms with Gasteiger partial charge in [-0.3, -0.25) is 0 Å². The maximum absolute atomic E-state index is 9.65. The summed E-state index contributed by atoms with van der Waals surface area (Å²) in [5.41, 5.74) is 0. The van der Waals surface area contributed by atoms with Crippen LogP contribution in [0.2, 0.25) is 0 Å². The SMILES string of the molecule is O[C@@H]1CCCO[C@H]1[C@H]1CCOC1. The Labute approximate surface area is 72.7 Å². The summed E-state index contributed by atoms with van der Waals surface area (Å²) < 4.78 is 10.8. The van der Waals surface area contributed by atoms with Crippen molar-refractivity contribution in [1.29, 1.82) is 0 Å². The predicted octanol–water partition coefficient (Wildman–Crippen LogP) is 0.563. The molecule has 2 heterocycles. The fraction of sp³-hybridized carbons (Fsp3) is 1.00.